The Morgan fingerprint density at radius 2 is 0.603 bits per heavy atom. The molecule has 0 aromatic rings. The van der Waals surface area contributed by atoms with Crippen LogP contribution in [0.25, 0.3) is 0 Å². The lowest BCUT2D eigenvalue weighted by Gasteiger charge is -2.22. The number of carbonyl (C=O) groups is 2. The molecule has 0 fully saturated rings. The van der Waals surface area contributed by atoms with E-state index < -0.39 is 12.1 Å². The first kappa shape index (κ1) is 66.9. The average Bonchev–Trinajstić information content (AvgIpc) is 3.34. The zero-order valence-corrected chi connectivity index (χ0v) is 46.4. The zero-order valence-electron chi connectivity index (χ0n) is 46.4. The number of unbranched alkanes of at least 4 members (excludes halogenated alkanes) is 48. The van der Waals surface area contributed by atoms with Crippen molar-refractivity contribution in [3.8, 4) is 0 Å². The van der Waals surface area contributed by atoms with Gasteiger partial charge in [-0.15, -0.1) is 0 Å². The van der Waals surface area contributed by atoms with Crippen molar-refractivity contribution < 1.29 is 24.5 Å². The first-order valence-corrected chi connectivity index (χ1v) is 31.3. The van der Waals surface area contributed by atoms with E-state index in [0.29, 0.717) is 25.9 Å². The summed E-state index contributed by atoms with van der Waals surface area (Å²) in [5.41, 5.74) is 0. The molecule has 0 spiro atoms. The first-order valence-electron chi connectivity index (χ1n) is 31.3. The van der Waals surface area contributed by atoms with Gasteiger partial charge < -0.3 is 20.3 Å². The van der Waals surface area contributed by atoms with E-state index in [1.165, 1.54) is 289 Å². The fourth-order valence-electron chi connectivity index (χ4n) is 10.1. The van der Waals surface area contributed by atoms with E-state index in [1.807, 2.05) is 0 Å². The van der Waals surface area contributed by atoms with Crippen molar-refractivity contribution in [1.82, 2.24) is 5.32 Å². The predicted molar refractivity (Wildman–Crippen MR) is 297 cm³/mol. The van der Waals surface area contributed by atoms with Crippen molar-refractivity contribution in [1.29, 1.82) is 0 Å². The summed E-state index contributed by atoms with van der Waals surface area (Å²) in [5.74, 6) is -0.0156. The molecule has 2 unspecified atom stereocenters. The van der Waals surface area contributed by atoms with Gasteiger partial charge in [0.05, 0.1) is 25.4 Å². The third-order valence-electron chi connectivity index (χ3n) is 14.9. The Balaban J connectivity index is 3.36. The molecule has 68 heavy (non-hydrogen) atoms. The highest BCUT2D eigenvalue weighted by molar-refractivity contribution is 5.76. The van der Waals surface area contributed by atoms with E-state index >= 15 is 0 Å². The summed E-state index contributed by atoms with van der Waals surface area (Å²) in [6.45, 7) is 4.98. The van der Waals surface area contributed by atoms with Crippen molar-refractivity contribution in [2.45, 2.75) is 373 Å². The summed E-state index contributed by atoms with van der Waals surface area (Å²) in [5, 5.41) is 23.3. The number of esters is 1. The maximum Gasteiger partial charge on any atom is 0.305 e. The Hall–Kier alpha value is -1.14. The molecule has 0 aromatic heterocycles. The van der Waals surface area contributed by atoms with Gasteiger partial charge in [0, 0.05) is 12.8 Å². The predicted octanol–water partition coefficient (Wildman–Crippen LogP) is 19.5. The maximum absolute atomic E-state index is 12.5. The summed E-state index contributed by atoms with van der Waals surface area (Å²) in [4.78, 5) is 24.5. The van der Waals surface area contributed by atoms with Crippen molar-refractivity contribution in [2.24, 2.45) is 0 Å². The molecule has 0 heterocycles. The van der Waals surface area contributed by atoms with Crippen LogP contribution in [0, 0.1) is 0 Å². The molecule has 0 bridgehead atoms. The van der Waals surface area contributed by atoms with Crippen LogP contribution >= 0.6 is 0 Å². The second kappa shape index (κ2) is 58.4. The second-order valence-electron chi connectivity index (χ2n) is 21.8. The molecule has 0 rings (SSSR count). The van der Waals surface area contributed by atoms with Gasteiger partial charge in [0.1, 0.15) is 0 Å². The molecule has 2 atom stereocenters. The number of hydrogen-bond acceptors (Lipinski definition) is 5. The molecule has 1 amide bonds. The summed E-state index contributed by atoms with van der Waals surface area (Å²) in [6.07, 6.45) is 68.3. The molecule has 0 saturated heterocycles. The first-order chi connectivity index (χ1) is 33.5. The molecule has 6 nitrogen and oxygen atoms in total. The summed E-state index contributed by atoms with van der Waals surface area (Å²) < 4.78 is 5.47. The average molecular weight is 963 g/mol. The minimum atomic E-state index is -0.663. The molecule has 6 heteroatoms. The number of nitrogens with one attached hydrogen (secondary N) is 1. The lowest BCUT2D eigenvalue weighted by atomic mass is 10.0. The van der Waals surface area contributed by atoms with Crippen LogP contribution in [-0.2, 0) is 14.3 Å². The van der Waals surface area contributed by atoms with Gasteiger partial charge in [-0.05, 0) is 25.7 Å². The van der Waals surface area contributed by atoms with Crippen molar-refractivity contribution in [3.63, 3.8) is 0 Å². The van der Waals surface area contributed by atoms with Crippen LogP contribution in [0.2, 0.25) is 0 Å². The van der Waals surface area contributed by atoms with Crippen molar-refractivity contribution in [2.75, 3.05) is 13.2 Å². The minimum Gasteiger partial charge on any atom is -0.466 e. The number of aliphatic hydroxyl groups is 2. The molecular formula is C62H123NO5. The van der Waals surface area contributed by atoms with Crippen LogP contribution in [0.3, 0.4) is 0 Å². The number of rotatable bonds is 59. The Labute approximate surface area is 426 Å². The fourth-order valence-corrected chi connectivity index (χ4v) is 10.1. The largest absolute Gasteiger partial charge is 0.466 e. The van der Waals surface area contributed by atoms with Crippen LogP contribution in [0.1, 0.15) is 361 Å². The van der Waals surface area contributed by atoms with Gasteiger partial charge in [0.25, 0.3) is 0 Å². The maximum atomic E-state index is 12.5. The van der Waals surface area contributed by atoms with Gasteiger partial charge in [-0.2, -0.15) is 0 Å². The van der Waals surface area contributed by atoms with Gasteiger partial charge >= 0.3 is 5.97 Å². The van der Waals surface area contributed by atoms with E-state index in [2.05, 4.69) is 19.2 Å². The molecule has 0 radical (unpaired) electrons. The molecule has 0 aliphatic rings. The number of aliphatic hydroxyl groups excluding tert-OH is 2. The van der Waals surface area contributed by atoms with E-state index in [-0.39, 0.29) is 18.5 Å². The van der Waals surface area contributed by atoms with Gasteiger partial charge in [0.2, 0.25) is 5.91 Å². The van der Waals surface area contributed by atoms with Gasteiger partial charge in [-0.1, -0.05) is 322 Å². The SMILES string of the molecule is CCCCCCCCCCCCCCCCCCCC(O)C(CO)NC(=O)CCCCCCCCCCCCCCCCCCCCCCCCCOC(=O)CCCCCCCCCCCCC. The fraction of sp³-hybridized carbons (Fsp3) is 0.968. The molecule has 0 aromatic carbocycles. The van der Waals surface area contributed by atoms with Crippen LogP contribution < -0.4 is 5.32 Å². The Morgan fingerprint density at radius 3 is 0.897 bits per heavy atom. The van der Waals surface area contributed by atoms with E-state index in [4.69, 9.17) is 4.74 Å². The molecule has 0 aliphatic heterocycles. The molecule has 3 N–H and O–H groups in total. The standard InChI is InChI=1S/C62H123NO5/c1-3-5-7-9-11-13-15-16-17-25-28-31-35-38-42-46-50-54-60(65)59(58-64)63-61(66)55-51-47-43-39-36-32-29-26-23-21-19-18-20-22-24-27-30-33-37-41-45-49-53-57-68-62(67)56-52-48-44-40-34-14-12-10-8-6-4-2/h59-60,64-65H,3-58H2,1-2H3,(H,63,66). The van der Waals surface area contributed by atoms with Crippen LogP contribution in [0.15, 0.2) is 0 Å². The Bertz CT molecular complexity index is 975. The number of hydrogen-bond donors (Lipinski definition) is 3. The molecular weight excluding hydrogens is 839 g/mol. The molecule has 406 valence electrons. The van der Waals surface area contributed by atoms with Gasteiger partial charge in [-0.25, -0.2) is 0 Å². The van der Waals surface area contributed by atoms with Crippen LogP contribution in [-0.4, -0.2) is 47.4 Å². The van der Waals surface area contributed by atoms with E-state index in [9.17, 15) is 19.8 Å². The highest BCUT2D eigenvalue weighted by Crippen LogP contribution is 2.19. The zero-order chi connectivity index (χ0) is 49.3. The third-order valence-corrected chi connectivity index (χ3v) is 14.9. The Kier molecular flexibility index (Phi) is 57.5. The topological polar surface area (TPSA) is 95.9 Å². The smallest absolute Gasteiger partial charge is 0.305 e. The van der Waals surface area contributed by atoms with Crippen molar-refractivity contribution in [3.05, 3.63) is 0 Å². The van der Waals surface area contributed by atoms with Crippen molar-refractivity contribution >= 4 is 11.9 Å². The molecule has 0 aliphatic carbocycles. The lowest BCUT2D eigenvalue weighted by Crippen LogP contribution is -2.45. The highest BCUT2D eigenvalue weighted by atomic mass is 16.5. The third kappa shape index (κ3) is 54.2. The Morgan fingerprint density at radius 1 is 0.353 bits per heavy atom. The van der Waals surface area contributed by atoms with Gasteiger partial charge in [0.15, 0.2) is 0 Å². The van der Waals surface area contributed by atoms with Crippen LogP contribution in [0.4, 0.5) is 0 Å². The van der Waals surface area contributed by atoms with E-state index in [1.54, 1.807) is 0 Å². The minimum absolute atomic E-state index is 0.0151. The highest BCUT2D eigenvalue weighted by Gasteiger charge is 2.20. The number of amides is 1. The second-order valence-corrected chi connectivity index (χ2v) is 21.8. The molecule has 0 saturated carbocycles. The number of carbonyl (C=O) groups excluding carboxylic acids is 2. The van der Waals surface area contributed by atoms with E-state index in [0.717, 1.165) is 38.5 Å². The monoisotopic (exact) mass is 962 g/mol. The summed E-state index contributed by atoms with van der Waals surface area (Å²) in [7, 11) is 0. The quantitative estimate of drug-likeness (QED) is 0.0417. The van der Waals surface area contributed by atoms with Gasteiger partial charge in [-0.3, -0.25) is 9.59 Å². The summed E-state index contributed by atoms with van der Waals surface area (Å²) >= 11 is 0. The van der Waals surface area contributed by atoms with Crippen LogP contribution in [0.5, 0.6) is 0 Å². The number of ether oxygens (including phenoxy) is 1. The summed E-state index contributed by atoms with van der Waals surface area (Å²) in [6, 6.07) is -0.540. The lowest BCUT2D eigenvalue weighted by molar-refractivity contribution is -0.143. The normalized spacial score (nSPS) is 12.5.